The minimum atomic E-state index is -1.88. The number of aliphatic imine (C=N–C) groups is 3. The van der Waals surface area contributed by atoms with Gasteiger partial charge >= 0.3 is 5.97 Å². The smallest absolute Gasteiger partial charge is 0.322 e. The summed E-state index contributed by atoms with van der Waals surface area (Å²) in [5.74, 6) is -13.0. The number of primary amides is 1. The zero-order valence-electron chi connectivity index (χ0n) is 58.3. The van der Waals surface area contributed by atoms with Crippen LogP contribution in [0.15, 0.2) is 45.3 Å². The quantitative estimate of drug-likeness (QED) is 0.0164. The first kappa shape index (κ1) is 90.3. The van der Waals surface area contributed by atoms with Crippen molar-refractivity contribution in [3.63, 3.8) is 0 Å². The first-order valence-corrected chi connectivity index (χ1v) is 35.0. The monoisotopic (exact) mass is 1460 g/mol. The Balaban J connectivity index is 3.71. The van der Waals surface area contributed by atoms with Crippen molar-refractivity contribution >= 4 is 106 Å². The van der Waals surface area contributed by atoms with Crippen LogP contribution in [0.3, 0.4) is 0 Å². The zero-order valence-corrected chi connectivity index (χ0v) is 59.2. The maximum Gasteiger partial charge on any atom is 0.322 e. The van der Waals surface area contributed by atoms with Gasteiger partial charge in [-0.1, -0.05) is 44.2 Å². The highest BCUT2D eigenvalue weighted by Crippen LogP contribution is 2.14. The Kier molecular flexibility index (Phi) is 45.6. The number of thioether (sulfide) groups is 1. The summed E-state index contributed by atoms with van der Waals surface area (Å²) in [5, 5.41) is 47.9. The van der Waals surface area contributed by atoms with Crippen LogP contribution in [-0.4, -0.2) is 230 Å². The number of amides is 12. The van der Waals surface area contributed by atoms with E-state index in [1.807, 2.05) is 0 Å². The number of benzene rings is 1. The second-order valence-corrected chi connectivity index (χ2v) is 25.2. The first-order valence-electron chi connectivity index (χ1n) is 33.6. The number of hydrogen-bond acceptors (Lipinski definition) is 21. The summed E-state index contributed by atoms with van der Waals surface area (Å²) in [6.45, 7) is 1.67. The number of unbranched alkanes of at least 4 members (excludes halogenated alkanes) is 2. The van der Waals surface area contributed by atoms with E-state index in [-0.39, 0.29) is 133 Å². The molecule has 102 heavy (non-hydrogen) atoms. The van der Waals surface area contributed by atoms with Gasteiger partial charge in [0.2, 0.25) is 70.9 Å². The number of aliphatic hydroxyl groups is 1. The number of carboxylic acids is 1. The number of guanidine groups is 3. The lowest BCUT2D eigenvalue weighted by atomic mass is 10.00. The molecular formula is C62H110N24O15S. The normalized spacial score (nSPS) is 13.8. The highest BCUT2D eigenvalue weighted by molar-refractivity contribution is 7.98. The van der Waals surface area contributed by atoms with Gasteiger partial charge in [0.15, 0.2) is 17.9 Å². The molecule has 0 radical (unpaired) electrons. The molecule has 10 atom stereocenters. The van der Waals surface area contributed by atoms with Crippen molar-refractivity contribution in [1.29, 1.82) is 0 Å². The van der Waals surface area contributed by atoms with Gasteiger partial charge in [0, 0.05) is 32.5 Å². The maximum atomic E-state index is 14.5. The molecule has 0 spiro atoms. The molecule has 10 unspecified atom stereocenters. The molecule has 39 nitrogen and oxygen atoms in total. The highest BCUT2D eigenvalue weighted by Gasteiger charge is 2.37. The summed E-state index contributed by atoms with van der Waals surface area (Å²) in [6.07, 6.45) is 2.08. The second kappa shape index (κ2) is 51.5. The van der Waals surface area contributed by atoms with Crippen molar-refractivity contribution < 1.29 is 72.5 Å². The second-order valence-electron chi connectivity index (χ2n) is 24.2. The average molecular weight is 1460 g/mol. The van der Waals surface area contributed by atoms with Crippen LogP contribution < -0.4 is 116 Å². The van der Waals surface area contributed by atoms with E-state index in [4.69, 9.17) is 57.3 Å². The zero-order chi connectivity index (χ0) is 76.7. The van der Waals surface area contributed by atoms with Gasteiger partial charge in [0.1, 0.15) is 67.0 Å². The fraction of sp³-hybridized carbons (Fsp3) is 0.645. The molecule has 0 bridgehead atoms. The van der Waals surface area contributed by atoms with Crippen molar-refractivity contribution in [1.82, 2.24) is 58.5 Å². The molecular weight excluding hydrogens is 1350 g/mol. The number of aliphatic carboxylic acids is 1. The van der Waals surface area contributed by atoms with E-state index in [9.17, 15) is 72.5 Å². The van der Waals surface area contributed by atoms with Gasteiger partial charge in [-0.15, -0.1) is 0 Å². The van der Waals surface area contributed by atoms with Gasteiger partial charge in [-0.05, 0) is 133 Å². The lowest BCUT2D eigenvalue weighted by molar-refractivity contribution is -0.138. The highest BCUT2D eigenvalue weighted by atomic mass is 32.2. The molecule has 0 aliphatic heterocycles. The van der Waals surface area contributed by atoms with E-state index in [0.29, 0.717) is 31.4 Å². The van der Waals surface area contributed by atoms with E-state index in [0.717, 1.165) is 0 Å². The Hall–Kier alpha value is -9.67. The van der Waals surface area contributed by atoms with Crippen LogP contribution in [0, 0.1) is 5.92 Å². The molecule has 40 heteroatoms. The summed E-state index contributed by atoms with van der Waals surface area (Å²) in [7, 11) is 0. The van der Waals surface area contributed by atoms with E-state index in [1.165, 1.54) is 11.8 Å². The molecule has 1 aromatic rings. The summed E-state index contributed by atoms with van der Waals surface area (Å²) < 4.78 is 0. The van der Waals surface area contributed by atoms with Crippen molar-refractivity contribution in [3.8, 4) is 0 Å². The van der Waals surface area contributed by atoms with Crippen LogP contribution in [0.25, 0.3) is 0 Å². The largest absolute Gasteiger partial charge is 0.480 e. The van der Waals surface area contributed by atoms with E-state index >= 15 is 0 Å². The first-order chi connectivity index (χ1) is 48.4. The van der Waals surface area contributed by atoms with E-state index < -0.39 is 170 Å². The Morgan fingerprint density at radius 1 is 0.431 bits per heavy atom. The standard InChI is InChI=1S/C62H110N24O15S/c1-35(2)30-44(57(99)85-45(31-36-14-5-4-6-15-36)58(100)78-37(18-11-26-73-60(67)68)50(92)76-33-49(90)91)84-56(98)43(23-29-102-3)83-55(97)42(21-22-47(66)88)82-59(101)46(34-87)86-54(96)41(20-13-28-75-62(71)72)81-52(94)39(17-8-10-25-64)79-53(95)40(19-12-27-74-61(69)70)80-51(93)38(16-7-9-24-63)77-48(89)32-65/h4-6,14-15,35,37-46,87H,7-13,16-34,63-65H2,1-3H3,(H2,66,88)(H,76,92)(H,77,89)(H,78,100)(H,79,95)(H,80,93)(H,81,94)(H,82,101)(H,83,97)(H,84,98)(H,85,99)(H,86,96)(H,90,91)(H4,67,68,73)(H4,69,70,74)(H4,71,72,75). The lowest BCUT2D eigenvalue weighted by Gasteiger charge is -2.28. The van der Waals surface area contributed by atoms with Gasteiger partial charge in [0.25, 0.3) is 0 Å². The van der Waals surface area contributed by atoms with Gasteiger partial charge in [0.05, 0.1) is 13.2 Å². The Bertz CT molecular complexity index is 2940. The lowest BCUT2D eigenvalue weighted by Crippen LogP contribution is -2.61. The molecule has 0 aliphatic carbocycles. The van der Waals surface area contributed by atoms with Gasteiger partial charge < -0.3 is 126 Å². The van der Waals surface area contributed by atoms with Crippen LogP contribution in [0.4, 0.5) is 0 Å². The molecule has 0 saturated carbocycles. The van der Waals surface area contributed by atoms with Crippen LogP contribution >= 0.6 is 11.8 Å². The molecule has 0 fully saturated rings. The van der Waals surface area contributed by atoms with Crippen molar-refractivity contribution in [2.75, 3.05) is 64.4 Å². The number of hydrogen-bond donors (Lipinski definition) is 23. The molecule has 0 aromatic heterocycles. The minimum Gasteiger partial charge on any atom is -0.480 e. The summed E-state index contributed by atoms with van der Waals surface area (Å²) in [6, 6.07) is -6.15. The van der Waals surface area contributed by atoms with E-state index in [2.05, 4.69) is 73.5 Å². The van der Waals surface area contributed by atoms with E-state index in [1.54, 1.807) is 50.4 Å². The van der Waals surface area contributed by atoms with Crippen molar-refractivity contribution in [2.45, 2.75) is 183 Å². The van der Waals surface area contributed by atoms with Gasteiger partial charge in [-0.2, -0.15) is 11.8 Å². The Morgan fingerprint density at radius 3 is 1.15 bits per heavy atom. The number of carbonyl (C=O) groups excluding carboxylic acids is 12. The Morgan fingerprint density at radius 2 is 0.775 bits per heavy atom. The maximum absolute atomic E-state index is 14.5. The fourth-order valence-corrected chi connectivity index (χ4v) is 10.3. The van der Waals surface area contributed by atoms with Gasteiger partial charge in [-0.3, -0.25) is 77.3 Å². The molecule has 0 saturated heterocycles. The van der Waals surface area contributed by atoms with Crippen LogP contribution in [0.1, 0.15) is 122 Å². The third-order valence-electron chi connectivity index (χ3n) is 15.1. The van der Waals surface area contributed by atoms with Gasteiger partial charge in [-0.25, -0.2) is 0 Å². The molecule has 33 N–H and O–H groups in total. The number of nitrogens with two attached hydrogens (primary N) is 10. The molecule has 1 aromatic carbocycles. The van der Waals surface area contributed by atoms with Crippen LogP contribution in [0.5, 0.6) is 0 Å². The number of rotatable bonds is 54. The van der Waals surface area contributed by atoms with Crippen molar-refractivity contribution in [2.24, 2.45) is 78.2 Å². The number of carbonyl (C=O) groups is 13. The third-order valence-corrected chi connectivity index (χ3v) is 15.8. The summed E-state index contributed by atoms with van der Waals surface area (Å²) >= 11 is 1.28. The summed E-state index contributed by atoms with van der Waals surface area (Å²) in [4.78, 5) is 190. The predicted octanol–water partition coefficient (Wildman–Crippen LogP) is -8.29. The fourth-order valence-electron chi connectivity index (χ4n) is 9.85. The SMILES string of the molecule is CSCCC(NC(=O)C(CCC(N)=O)NC(=O)C(CO)NC(=O)C(CCCN=C(N)N)NC(=O)C(CCCCN)NC(=O)C(CCCN=C(N)N)NC(=O)C(CCCCN)NC(=O)CN)C(=O)NC(CC(C)C)C(=O)NC(Cc1ccccc1)C(=O)NC(CCCN=C(N)N)C(=O)NCC(=O)O. The topological polar surface area (TPSA) is 692 Å². The van der Waals surface area contributed by atoms with Crippen LogP contribution in [0.2, 0.25) is 0 Å². The number of nitrogens with one attached hydrogen (secondary N) is 11. The molecule has 12 amide bonds. The number of nitrogens with zero attached hydrogens (tertiary/aromatic N) is 3. The molecule has 0 aliphatic rings. The molecule has 574 valence electrons. The number of aliphatic hydroxyl groups excluding tert-OH is 1. The number of carboxylic acid groups (broad SMARTS) is 1. The molecule has 0 heterocycles. The third kappa shape index (κ3) is 39.4. The Labute approximate surface area is 597 Å². The minimum absolute atomic E-state index is 0.0217. The van der Waals surface area contributed by atoms with Crippen LogP contribution in [-0.2, 0) is 68.7 Å². The van der Waals surface area contributed by atoms with Crippen molar-refractivity contribution in [3.05, 3.63) is 35.9 Å². The average Bonchev–Trinajstić information content (AvgIpc) is 0.860. The predicted molar refractivity (Wildman–Crippen MR) is 383 cm³/mol. The summed E-state index contributed by atoms with van der Waals surface area (Å²) in [5.41, 5.74) is 56.0. The molecule has 1 rings (SSSR count).